The molecule has 19 heavy (non-hydrogen) atoms. The predicted octanol–water partition coefficient (Wildman–Crippen LogP) is 3.14. The van der Waals surface area contributed by atoms with Crippen molar-refractivity contribution in [3.63, 3.8) is 0 Å². The van der Waals surface area contributed by atoms with Gasteiger partial charge in [-0.1, -0.05) is 21.1 Å². The van der Waals surface area contributed by atoms with Gasteiger partial charge in [0.1, 0.15) is 5.82 Å². The fourth-order valence-corrected chi connectivity index (χ4v) is 1.85. The molecule has 2 aromatic heterocycles. The molecule has 2 heterocycles. The largest absolute Gasteiger partial charge is 0.384 e. The van der Waals surface area contributed by atoms with Crippen molar-refractivity contribution in [3.8, 4) is 22.8 Å². The van der Waals surface area contributed by atoms with Gasteiger partial charge in [0.2, 0.25) is 5.82 Å². The minimum atomic E-state index is 0.422. The molecular weight excluding hydrogens is 308 g/mol. The lowest BCUT2D eigenvalue weighted by atomic mass is 10.2. The van der Waals surface area contributed by atoms with Crippen molar-refractivity contribution in [2.75, 3.05) is 5.73 Å². The van der Waals surface area contributed by atoms with Gasteiger partial charge in [0.05, 0.1) is 5.56 Å². The van der Waals surface area contributed by atoms with Gasteiger partial charge >= 0.3 is 0 Å². The Morgan fingerprint density at radius 1 is 1.00 bits per heavy atom. The van der Waals surface area contributed by atoms with Crippen LogP contribution in [0.5, 0.6) is 0 Å². The van der Waals surface area contributed by atoms with Gasteiger partial charge in [-0.05, 0) is 36.4 Å². The second kappa shape index (κ2) is 4.81. The number of nitrogen functional groups attached to an aromatic ring is 1. The monoisotopic (exact) mass is 316 g/mol. The molecule has 0 unspecified atom stereocenters. The molecule has 5 nitrogen and oxygen atoms in total. The summed E-state index contributed by atoms with van der Waals surface area (Å²) in [5.41, 5.74) is 7.16. The minimum Gasteiger partial charge on any atom is -0.384 e. The fraction of sp³-hybridized carbons (Fsp3) is 0. The van der Waals surface area contributed by atoms with E-state index in [0.717, 1.165) is 15.6 Å². The van der Waals surface area contributed by atoms with E-state index in [1.54, 1.807) is 18.3 Å². The summed E-state index contributed by atoms with van der Waals surface area (Å²) in [5.74, 6) is 1.42. The van der Waals surface area contributed by atoms with Crippen LogP contribution in [0.1, 0.15) is 0 Å². The maximum absolute atomic E-state index is 5.53. The molecule has 0 bridgehead atoms. The lowest BCUT2D eigenvalue weighted by Crippen LogP contribution is -1.89. The van der Waals surface area contributed by atoms with Gasteiger partial charge in [0.25, 0.3) is 5.89 Å². The molecule has 3 aromatic rings. The normalized spacial score (nSPS) is 10.6. The summed E-state index contributed by atoms with van der Waals surface area (Å²) in [6.45, 7) is 0. The lowest BCUT2D eigenvalue weighted by Gasteiger charge is -1.94. The number of halogens is 1. The van der Waals surface area contributed by atoms with E-state index < -0.39 is 0 Å². The average Bonchev–Trinajstić information content (AvgIpc) is 2.90. The van der Waals surface area contributed by atoms with Crippen LogP contribution in [0.3, 0.4) is 0 Å². The number of aromatic nitrogens is 3. The second-order valence-corrected chi connectivity index (χ2v) is 4.82. The molecule has 0 radical (unpaired) electrons. The summed E-state index contributed by atoms with van der Waals surface area (Å²) in [4.78, 5) is 8.33. The fourth-order valence-electron chi connectivity index (χ4n) is 1.59. The quantitative estimate of drug-likeness (QED) is 0.785. The van der Waals surface area contributed by atoms with Crippen LogP contribution in [-0.4, -0.2) is 15.1 Å². The van der Waals surface area contributed by atoms with Crippen molar-refractivity contribution in [1.29, 1.82) is 0 Å². The zero-order valence-corrected chi connectivity index (χ0v) is 11.3. The van der Waals surface area contributed by atoms with E-state index in [4.69, 9.17) is 10.3 Å². The molecule has 0 spiro atoms. The Kier molecular flexibility index (Phi) is 3.00. The van der Waals surface area contributed by atoms with Crippen LogP contribution < -0.4 is 5.73 Å². The van der Waals surface area contributed by atoms with Crippen molar-refractivity contribution in [1.82, 2.24) is 15.1 Å². The Balaban J connectivity index is 1.95. The summed E-state index contributed by atoms with van der Waals surface area (Å²) in [5, 5.41) is 3.95. The van der Waals surface area contributed by atoms with Gasteiger partial charge in [-0.15, -0.1) is 0 Å². The smallest absolute Gasteiger partial charge is 0.259 e. The van der Waals surface area contributed by atoms with Gasteiger partial charge < -0.3 is 10.3 Å². The Morgan fingerprint density at radius 3 is 2.42 bits per heavy atom. The molecule has 0 fully saturated rings. The first-order chi connectivity index (χ1) is 9.22. The highest BCUT2D eigenvalue weighted by Crippen LogP contribution is 2.23. The zero-order valence-electron chi connectivity index (χ0n) is 9.75. The Labute approximate surface area is 117 Å². The first kappa shape index (κ1) is 11.9. The summed E-state index contributed by atoms with van der Waals surface area (Å²) in [7, 11) is 0. The summed E-state index contributed by atoms with van der Waals surface area (Å²) >= 11 is 3.38. The summed E-state index contributed by atoms with van der Waals surface area (Å²) in [6.07, 6.45) is 1.61. The first-order valence-electron chi connectivity index (χ1n) is 5.54. The van der Waals surface area contributed by atoms with E-state index in [9.17, 15) is 0 Å². The molecule has 94 valence electrons. The SMILES string of the molecule is Nc1ccc(-c2nc(-c3ccc(Br)cc3)no2)cn1. The molecule has 0 atom stereocenters. The van der Waals surface area contributed by atoms with Gasteiger partial charge in [-0.2, -0.15) is 4.98 Å². The average molecular weight is 317 g/mol. The third kappa shape index (κ3) is 2.48. The van der Waals surface area contributed by atoms with Crippen molar-refractivity contribution in [2.24, 2.45) is 0 Å². The number of nitrogens with zero attached hydrogens (tertiary/aromatic N) is 3. The van der Waals surface area contributed by atoms with Gasteiger partial charge in [-0.25, -0.2) is 4.98 Å². The molecular formula is C13H9BrN4O. The molecule has 0 aliphatic carbocycles. The molecule has 0 amide bonds. The second-order valence-electron chi connectivity index (χ2n) is 3.90. The standard InChI is InChI=1S/C13H9BrN4O/c14-10-4-1-8(2-5-10)12-17-13(19-18-12)9-3-6-11(15)16-7-9/h1-7H,(H2,15,16). The highest BCUT2D eigenvalue weighted by Gasteiger charge is 2.10. The molecule has 2 N–H and O–H groups in total. The molecule has 3 rings (SSSR count). The maximum Gasteiger partial charge on any atom is 0.259 e. The Hall–Kier alpha value is -2.21. The number of anilines is 1. The van der Waals surface area contributed by atoms with E-state index >= 15 is 0 Å². The van der Waals surface area contributed by atoms with Crippen molar-refractivity contribution in [3.05, 3.63) is 47.1 Å². The van der Waals surface area contributed by atoms with Crippen molar-refractivity contribution >= 4 is 21.7 Å². The molecule has 1 aromatic carbocycles. The van der Waals surface area contributed by atoms with E-state index in [1.807, 2.05) is 24.3 Å². The van der Waals surface area contributed by atoms with Crippen molar-refractivity contribution in [2.45, 2.75) is 0 Å². The number of nitrogens with two attached hydrogens (primary N) is 1. The van der Waals surface area contributed by atoms with E-state index in [2.05, 4.69) is 31.1 Å². The van der Waals surface area contributed by atoms with E-state index in [-0.39, 0.29) is 0 Å². The number of hydrogen-bond donors (Lipinski definition) is 1. The number of hydrogen-bond acceptors (Lipinski definition) is 5. The van der Waals surface area contributed by atoms with Crippen LogP contribution >= 0.6 is 15.9 Å². The van der Waals surface area contributed by atoms with Crippen LogP contribution in [0.25, 0.3) is 22.8 Å². The highest BCUT2D eigenvalue weighted by atomic mass is 79.9. The third-order valence-electron chi connectivity index (χ3n) is 2.56. The van der Waals surface area contributed by atoms with Crippen molar-refractivity contribution < 1.29 is 4.52 Å². The van der Waals surface area contributed by atoms with E-state index in [0.29, 0.717) is 17.5 Å². The van der Waals surface area contributed by atoms with Gasteiger partial charge in [0.15, 0.2) is 0 Å². The number of benzene rings is 1. The van der Waals surface area contributed by atoms with E-state index in [1.165, 1.54) is 0 Å². The zero-order chi connectivity index (χ0) is 13.2. The predicted molar refractivity (Wildman–Crippen MR) is 75.1 cm³/mol. The van der Waals surface area contributed by atoms with Gasteiger partial charge in [-0.3, -0.25) is 0 Å². The maximum atomic E-state index is 5.53. The first-order valence-corrected chi connectivity index (χ1v) is 6.33. The molecule has 0 aliphatic heterocycles. The highest BCUT2D eigenvalue weighted by molar-refractivity contribution is 9.10. The van der Waals surface area contributed by atoms with Crippen LogP contribution in [0.2, 0.25) is 0 Å². The lowest BCUT2D eigenvalue weighted by molar-refractivity contribution is 0.432. The number of pyridine rings is 1. The Bertz CT molecular complexity index is 631. The van der Waals surface area contributed by atoms with Crippen LogP contribution in [0, 0.1) is 0 Å². The Morgan fingerprint density at radius 2 is 1.74 bits per heavy atom. The van der Waals surface area contributed by atoms with Crippen LogP contribution in [0.4, 0.5) is 5.82 Å². The molecule has 0 saturated carbocycles. The molecule has 0 saturated heterocycles. The number of rotatable bonds is 2. The van der Waals surface area contributed by atoms with Gasteiger partial charge in [0, 0.05) is 16.2 Å². The third-order valence-corrected chi connectivity index (χ3v) is 3.09. The topological polar surface area (TPSA) is 77.8 Å². The van der Waals surface area contributed by atoms with Crippen LogP contribution in [0.15, 0.2) is 51.6 Å². The molecule has 0 aliphatic rings. The van der Waals surface area contributed by atoms with Crippen LogP contribution in [-0.2, 0) is 0 Å². The summed E-state index contributed by atoms with van der Waals surface area (Å²) < 4.78 is 6.22. The summed E-state index contributed by atoms with van der Waals surface area (Å²) in [6, 6.07) is 11.2. The minimum absolute atomic E-state index is 0.422. The molecule has 6 heteroatoms.